The number of hydrogen-bond acceptors (Lipinski definition) is 4. The summed E-state index contributed by atoms with van der Waals surface area (Å²) in [6.45, 7) is 0.511. The van der Waals surface area contributed by atoms with E-state index in [4.69, 9.17) is 4.74 Å². The number of aromatic nitrogens is 1. The van der Waals surface area contributed by atoms with E-state index in [1.165, 1.54) is 11.3 Å². The third kappa shape index (κ3) is 4.05. The number of para-hydroxylation sites is 1. The predicted octanol–water partition coefficient (Wildman–Crippen LogP) is 5.94. The van der Waals surface area contributed by atoms with E-state index in [1.807, 2.05) is 84.9 Å². The molecule has 130 valence electrons. The van der Waals surface area contributed by atoms with Crippen molar-refractivity contribution in [3.8, 4) is 11.8 Å². The maximum absolute atomic E-state index is 9.60. The average Bonchev–Trinajstić information content (AvgIpc) is 3.15. The van der Waals surface area contributed by atoms with Crippen molar-refractivity contribution in [2.45, 2.75) is 6.61 Å². The number of thiazole rings is 1. The number of ether oxygens (including phenoxy) is 1. The zero-order valence-electron chi connectivity index (χ0n) is 14.5. The molecule has 0 spiro atoms. The molecule has 0 unspecified atom stereocenters. The number of benzene rings is 3. The van der Waals surface area contributed by atoms with Crippen molar-refractivity contribution in [3.05, 3.63) is 95.0 Å². The Balaban J connectivity index is 1.57. The maximum atomic E-state index is 9.60. The molecule has 1 heterocycles. The third-order valence-electron chi connectivity index (χ3n) is 4.06. The summed E-state index contributed by atoms with van der Waals surface area (Å²) in [6, 6.07) is 28.0. The highest BCUT2D eigenvalue weighted by Gasteiger charge is 2.08. The standard InChI is InChI=1S/C23H16N2OS/c24-15-19(23-25-21-11-4-5-12-22(21)27-23)13-18-9-6-10-20(14-18)26-16-17-7-2-1-3-8-17/h1-14H,16H2/b19-13-. The number of fused-ring (bicyclic) bond motifs is 1. The lowest BCUT2D eigenvalue weighted by atomic mass is 10.1. The molecule has 0 radical (unpaired) electrons. The van der Waals surface area contributed by atoms with Crippen molar-refractivity contribution in [3.63, 3.8) is 0 Å². The van der Waals surface area contributed by atoms with Gasteiger partial charge in [0.1, 0.15) is 23.4 Å². The molecule has 0 aliphatic rings. The Bertz CT molecular complexity index is 1110. The van der Waals surface area contributed by atoms with Crippen molar-refractivity contribution < 1.29 is 4.74 Å². The molecule has 0 saturated carbocycles. The van der Waals surface area contributed by atoms with Gasteiger partial charge in [-0.25, -0.2) is 4.98 Å². The van der Waals surface area contributed by atoms with Crippen LogP contribution in [-0.4, -0.2) is 4.98 Å². The number of nitrogens with zero attached hydrogens (tertiary/aromatic N) is 2. The molecule has 0 bridgehead atoms. The molecule has 0 fully saturated rings. The first-order valence-corrected chi connectivity index (χ1v) is 9.38. The van der Waals surface area contributed by atoms with Crippen molar-refractivity contribution in [2.75, 3.05) is 0 Å². The Labute approximate surface area is 161 Å². The van der Waals surface area contributed by atoms with Crippen LogP contribution >= 0.6 is 11.3 Å². The van der Waals surface area contributed by atoms with E-state index in [2.05, 4.69) is 11.1 Å². The molecule has 1 aromatic heterocycles. The summed E-state index contributed by atoms with van der Waals surface area (Å²) >= 11 is 1.53. The highest BCUT2D eigenvalue weighted by Crippen LogP contribution is 2.28. The Hall–Kier alpha value is -3.42. The fraction of sp³-hybridized carbons (Fsp3) is 0.0435. The second kappa shape index (κ2) is 7.86. The van der Waals surface area contributed by atoms with E-state index >= 15 is 0 Å². The van der Waals surface area contributed by atoms with E-state index < -0.39 is 0 Å². The van der Waals surface area contributed by atoms with Gasteiger partial charge in [0, 0.05) is 0 Å². The molecule has 4 rings (SSSR count). The van der Waals surface area contributed by atoms with Crippen molar-refractivity contribution >= 4 is 33.2 Å². The van der Waals surface area contributed by atoms with E-state index in [1.54, 1.807) is 0 Å². The minimum Gasteiger partial charge on any atom is -0.489 e. The van der Waals surface area contributed by atoms with Gasteiger partial charge in [-0.15, -0.1) is 11.3 Å². The predicted molar refractivity (Wildman–Crippen MR) is 110 cm³/mol. The van der Waals surface area contributed by atoms with E-state index in [0.717, 1.165) is 32.1 Å². The van der Waals surface area contributed by atoms with Gasteiger partial charge in [0.25, 0.3) is 0 Å². The molecule has 0 saturated heterocycles. The molecule has 27 heavy (non-hydrogen) atoms. The van der Waals surface area contributed by atoms with Crippen LogP contribution in [0, 0.1) is 11.3 Å². The number of allylic oxidation sites excluding steroid dienone is 1. The summed E-state index contributed by atoms with van der Waals surface area (Å²) in [7, 11) is 0. The van der Waals surface area contributed by atoms with Gasteiger partial charge in [0.2, 0.25) is 0 Å². The van der Waals surface area contributed by atoms with Gasteiger partial charge in [-0.05, 0) is 41.5 Å². The van der Waals surface area contributed by atoms with Crippen molar-refractivity contribution in [2.24, 2.45) is 0 Å². The van der Waals surface area contributed by atoms with Gasteiger partial charge < -0.3 is 4.74 Å². The Morgan fingerprint density at radius 1 is 1.00 bits per heavy atom. The van der Waals surface area contributed by atoms with Gasteiger partial charge in [0.05, 0.1) is 15.8 Å². The zero-order valence-corrected chi connectivity index (χ0v) is 15.3. The molecule has 0 atom stereocenters. The van der Waals surface area contributed by atoms with Crippen LogP contribution < -0.4 is 4.74 Å². The van der Waals surface area contributed by atoms with Crippen LogP contribution in [0.2, 0.25) is 0 Å². The first-order valence-electron chi connectivity index (χ1n) is 8.56. The highest BCUT2D eigenvalue weighted by molar-refractivity contribution is 7.19. The summed E-state index contributed by atoms with van der Waals surface area (Å²) < 4.78 is 6.95. The van der Waals surface area contributed by atoms with Crippen LogP contribution in [0.5, 0.6) is 5.75 Å². The second-order valence-corrected chi connectivity index (χ2v) is 7.03. The van der Waals surface area contributed by atoms with Crippen LogP contribution in [0.4, 0.5) is 0 Å². The molecular formula is C23H16N2OS. The van der Waals surface area contributed by atoms with Crippen LogP contribution in [0.3, 0.4) is 0 Å². The topological polar surface area (TPSA) is 45.9 Å². The molecule has 4 aromatic rings. The Kier molecular flexibility index (Phi) is 4.95. The van der Waals surface area contributed by atoms with Gasteiger partial charge in [0.15, 0.2) is 0 Å². The number of rotatable bonds is 5. The lowest BCUT2D eigenvalue weighted by Crippen LogP contribution is -1.95. The fourth-order valence-corrected chi connectivity index (χ4v) is 3.66. The largest absolute Gasteiger partial charge is 0.489 e. The number of nitriles is 1. The van der Waals surface area contributed by atoms with Crippen LogP contribution in [0.25, 0.3) is 21.9 Å². The summed E-state index contributed by atoms with van der Waals surface area (Å²) in [6.07, 6.45) is 1.85. The van der Waals surface area contributed by atoms with Gasteiger partial charge in [-0.3, -0.25) is 0 Å². The summed E-state index contributed by atoms with van der Waals surface area (Å²) in [5.74, 6) is 0.772. The SMILES string of the molecule is N#C/C(=C/c1cccc(OCc2ccccc2)c1)c1nc2ccccc2s1. The maximum Gasteiger partial charge on any atom is 0.135 e. The summed E-state index contributed by atoms with van der Waals surface area (Å²) in [5.41, 5.74) is 3.50. The lowest BCUT2D eigenvalue weighted by Gasteiger charge is -2.07. The molecule has 3 aromatic carbocycles. The van der Waals surface area contributed by atoms with Gasteiger partial charge in [-0.1, -0.05) is 54.6 Å². The molecule has 0 aliphatic carbocycles. The van der Waals surface area contributed by atoms with E-state index in [0.29, 0.717) is 12.2 Å². The van der Waals surface area contributed by atoms with E-state index in [-0.39, 0.29) is 0 Å². The smallest absolute Gasteiger partial charge is 0.135 e. The first kappa shape index (κ1) is 17.0. The fourth-order valence-electron chi connectivity index (χ4n) is 2.73. The molecule has 3 nitrogen and oxygen atoms in total. The van der Waals surface area contributed by atoms with Crippen LogP contribution in [0.15, 0.2) is 78.9 Å². The molecular weight excluding hydrogens is 352 g/mol. The molecule has 0 N–H and O–H groups in total. The molecule has 0 aliphatic heterocycles. The lowest BCUT2D eigenvalue weighted by molar-refractivity contribution is 0.306. The van der Waals surface area contributed by atoms with Crippen LogP contribution in [0.1, 0.15) is 16.1 Å². The molecule has 4 heteroatoms. The monoisotopic (exact) mass is 368 g/mol. The normalized spacial score (nSPS) is 11.3. The van der Waals surface area contributed by atoms with E-state index in [9.17, 15) is 5.26 Å². The Morgan fingerprint density at radius 2 is 1.81 bits per heavy atom. The van der Waals surface area contributed by atoms with Crippen molar-refractivity contribution in [1.82, 2.24) is 4.98 Å². The van der Waals surface area contributed by atoms with Gasteiger partial charge >= 0.3 is 0 Å². The van der Waals surface area contributed by atoms with Crippen LogP contribution in [-0.2, 0) is 6.61 Å². The third-order valence-corrected chi connectivity index (χ3v) is 5.13. The summed E-state index contributed by atoms with van der Waals surface area (Å²) in [5, 5.41) is 10.3. The zero-order chi connectivity index (χ0) is 18.5. The number of hydrogen-bond donors (Lipinski definition) is 0. The second-order valence-electron chi connectivity index (χ2n) is 6.00. The minimum absolute atomic E-state index is 0.511. The quantitative estimate of drug-likeness (QED) is 0.410. The Morgan fingerprint density at radius 3 is 2.63 bits per heavy atom. The average molecular weight is 368 g/mol. The first-order chi connectivity index (χ1) is 13.3. The van der Waals surface area contributed by atoms with Gasteiger partial charge in [-0.2, -0.15) is 5.26 Å². The minimum atomic E-state index is 0.511. The summed E-state index contributed by atoms with van der Waals surface area (Å²) in [4.78, 5) is 4.57. The highest BCUT2D eigenvalue weighted by atomic mass is 32.1. The van der Waals surface area contributed by atoms with Crippen molar-refractivity contribution in [1.29, 1.82) is 5.26 Å². The molecule has 0 amide bonds.